The number of aromatic nitrogens is 1. The molecule has 0 bridgehead atoms. The van der Waals surface area contributed by atoms with E-state index in [-0.39, 0.29) is 0 Å². The molecule has 2 aromatic carbocycles. The van der Waals surface area contributed by atoms with E-state index in [4.69, 9.17) is 4.74 Å². The molecule has 0 fully saturated rings. The number of hydrogen-bond donors (Lipinski definition) is 1. The Hall–Kier alpha value is -1.91. The summed E-state index contributed by atoms with van der Waals surface area (Å²) in [7, 11) is 1.60. The summed E-state index contributed by atoms with van der Waals surface area (Å²) in [6, 6.07) is 15.2. The van der Waals surface area contributed by atoms with Gasteiger partial charge in [-0.2, -0.15) is 0 Å². The van der Waals surface area contributed by atoms with Gasteiger partial charge in [-0.05, 0) is 42.0 Å². The third-order valence-electron chi connectivity index (χ3n) is 3.43. The monoisotopic (exact) mass is 343 g/mol. The van der Waals surface area contributed by atoms with Crippen LogP contribution in [-0.2, 0) is 0 Å². The van der Waals surface area contributed by atoms with Gasteiger partial charge in [0.2, 0.25) is 0 Å². The summed E-state index contributed by atoms with van der Waals surface area (Å²) < 4.78 is 6.24. The van der Waals surface area contributed by atoms with E-state index in [2.05, 4.69) is 20.9 Å². The SMILES string of the molecule is COc1ccc(Br)cc1C(O)c1ccc2ncccc2c1. The van der Waals surface area contributed by atoms with Crippen molar-refractivity contribution in [1.82, 2.24) is 4.98 Å². The number of benzene rings is 2. The first-order chi connectivity index (χ1) is 10.2. The average molecular weight is 344 g/mol. The number of rotatable bonds is 3. The first kappa shape index (κ1) is 14.0. The van der Waals surface area contributed by atoms with Crippen molar-refractivity contribution < 1.29 is 9.84 Å². The number of fused-ring (bicyclic) bond motifs is 1. The lowest BCUT2D eigenvalue weighted by Gasteiger charge is -2.16. The number of nitrogens with zero attached hydrogens (tertiary/aromatic N) is 1. The second-order valence-electron chi connectivity index (χ2n) is 4.74. The third-order valence-corrected chi connectivity index (χ3v) is 3.92. The zero-order chi connectivity index (χ0) is 14.8. The van der Waals surface area contributed by atoms with Crippen molar-refractivity contribution in [3.63, 3.8) is 0 Å². The summed E-state index contributed by atoms with van der Waals surface area (Å²) in [5.41, 5.74) is 2.46. The Morgan fingerprint density at radius 2 is 2.00 bits per heavy atom. The maximum Gasteiger partial charge on any atom is 0.125 e. The Labute approximate surface area is 131 Å². The van der Waals surface area contributed by atoms with Crippen LogP contribution in [0.2, 0.25) is 0 Å². The molecule has 1 heterocycles. The van der Waals surface area contributed by atoms with E-state index in [0.29, 0.717) is 5.75 Å². The number of hydrogen-bond acceptors (Lipinski definition) is 3. The quantitative estimate of drug-likeness (QED) is 0.778. The van der Waals surface area contributed by atoms with Crippen LogP contribution in [0, 0.1) is 0 Å². The van der Waals surface area contributed by atoms with Gasteiger partial charge in [0.25, 0.3) is 0 Å². The fourth-order valence-electron chi connectivity index (χ4n) is 2.36. The summed E-state index contributed by atoms with van der Waals surface area (Å²) in [4.78, 5) is 4.29. The van der Waals surface area contributed by atoms with Crippen LogP contribution < -0.4 is 4.74 Å². The van der Waals surface area contributed by atoms with Gasteiger partial charge in [-0.25, -0.2) is 0 Å². The van der Waals surface area contributed by atoms with E-state index in [0.717, 1.165) is 26.5 Å². The van der Waals surface area contributed by atoms with Gasteiger partial charge in [-0.3, -0.25) is 4.98 Å². The average Bonchev–Trinajstić information content (AvgIpc) is 2.53. The standard InChI is InChI=1S/C17H14BrNO2/c1-21-16-7-5-13(18)10-14(16)17(20)12-4-6-15-11(9-12)3-2-8-19-15/h2-10,17,20H,1H3. The largest absolute Gasteiger partial charge is 0.496 e. The van der Waals surface area contributed by atoms with E-state index in [1.54, 1.807) is 13.3 Å². The van der Waals surface area contributed by atoms with Crippen molar-refractivity contribution in [3.05, 3.63) is 70.3 Å². The molecular weight excluding hydrogens is 330 g/mol. The van der Waals surface area contributed by atoms with Gasteiger partial charge in [0.15, 0.2) is 0 Å². The van der Waals surface area contributed by atoms with Gasteiger partial charge >= 0.3 is 0 Å². The summed E-state index contributed by atoms with van der Waals surface area (Å²) in [6.45, 7) is 0. The highest BCUT2D eigenvalue weighted by Crippen LogP contribution is 2.33. The number of aliphatic hydroxyl groups is 1. The van der Waals surface area contributed by atoms with E-state index in [9.17, 15) is 5.11 Å². The number of aliphatic hydroxyl groups excluding tert-OH is 1. The Balaban J connectivity index is 2.07. The van der Waals surface area contributed by atoms with Crippen molar-refractivity contribution in [1.29, 1.82) is 0 Å². The van der Waals surface area contributed by atoms with Crippen LogP contribution in [0.1, 0.15) is 17.2 Å². The van der Waals surface area contributed by atoms with Crippen molar-refractivity contribution in [3.8, 4) is 5.75 Å². The number of halogens is 1. The summed E-state index contributed by atoms with van der Waals surface area (Å²) in [5.74, 6) is 0.664. The molecule has 21 heavy (non-hydrogen) atoms. The van der Waals surface area contributed by atoms with Crippen LogP contribution in [0.25, 0.3) is 10.9 Å². The molecule has 1 N–H and O–H groups in total. The van der Waals surface area contributed by atoms with Crippen molar-refractivity contribution in [2.75, 3.05) is 7.11 Å². The normalized spacial score (nSPS) is 12.3. The summed E-state index contributed by atoms with van der Waals surface area (Å²) in [6.07, 6.45) is 1.01. The minimum absolute atomic E-state index is 0.664. The molecule has 3 rings (SSSR count). The van der Waals surface area contributed by atoms with E-state index >= 15 is 0 Å². The van der Waals surface area contributed by atoms with Crippen LogP contribution in [0.4, 0.5) is 0 Å². The van der Waals surface area contributed by atoms with Gasteiger partial charge in [-0.1, -0.05) is 28.1 Å². The lowest BCUT2D eigenvalue weighted by Crippen LogP contribution is -2.02. The van der Waals surface area contributed by atoms with Gasteiger partial charge in [0.05, 0.1) is 12.6 Å². The van der Waals surface area contributed by atoms with Crippen LogP contribution >= 0.6 is 15.9 Å². The molecule has 3 aromatic rings. The predicted molar refractivity (Wildman–Crippen MR) is 86.5 cm³/mol. The van der Waals surface area contributed by atoms with E-state index in [1.165, 1.54) is 0 Å². The molecule has 1 atom stereocenters. The second kappa shape index (κ2) is 5.84. The Bertz CT molecular complexity index is 789. The van der Waals surface area contributed by atoms with Crippen LogP contribution in [-0.4, -0.2) is 17.2 Å². The molecular formula is C17H14BrNO2. The first-order valence-corrected chi connectivity index (χ1v) is 7.34. The molecule has 0 aliphatic rings. The fraction of sp³-hybridized carbons (Fsp3) is 0.118. The molecule has 0 aliphatic heterocycles. The van der Waals surface area contributed by atoms with E-state index < -0.39 is 6.10 Å². The topological polar surface area (TPSA) is 42.4 Å². The van der Waals surface area contributed by atoms with Crippen LogP contribution in [0.3, 0.4) is 0 Å². The second-order valence-corrected chi connectivity index (χ2v) is 5.66. The highest BCUT2D eigenvalue weighted by Gasteiger charge is 2.16. The van der Waals surface area contributed by atoms with Gasteiger partial charge < -0.3 is 9.84 Å². The highest BCUT2D eigenvalue weighted by atomic mass is 79.9. The Morgan fingerprint density at radius 3 is 2.81 bits per heavy atom. The number of methoxy groups -OCH3 is 1. The van der Waals surface area contributed by atoms with Crippen LogP contribution in [0.5, 0.6) is 5.75 Å². The van der Waals surface area contributed by atoms with Gasteiger partial charge in [0, 0.05) is 21.6 Å². The molecule has 1 unspecified atom stereocenters. The number of pyridine rings is 1. The molecule has 0 spiro atoms. The smallest absolute Gasteiger partial charge is 0.125 e. The van der Waals surface area contributed by atoms with Crippen molar-refractivity contribution >= 4 is 26.8 Å². The van der Waals surface area contributed by atoms with Crippen molar-refractivity contribution in [2.24, 2.45) is 0 Å². The van der Waals surface area contributed by atoms with Crippen molar-refractivity contribution in [2.45, 2.75) is 6.10 Å². The molecule has 0 radical (unpaired) electrons. The molecule has 1 aromatic heterocycles. The maximum absolute atomic E-state index is 10.7. The molecule has 3 nitrogen and oxygen atoms in total. The molecule has 0 aliphatic carbocycles. The molecule has 0 saturated heterocycles. The third kappa shape index (κ3) is 2.77. The minimum Gasteiger partial charge on any atom is -0.496 e. The molecule has 106 valence electrons. The van der Waals surface area contributed by atoms with E-state index in [1.807, 2.05) is 48.5 Å². The van der Waals surface area contributed by atoms with Gasteiger partial charge in [0.1, 0.15) is 11.9 Å². The summed E-state index contributed by atoms with van der Waals surface area (Å²) >= 11 is 3.43. The lowest BCUT2D eigenvalue weighted by atomic mass is 9.99. The minimum atomic E-state index is -0.748. The predicted octanol–water partition coefficient (Wildman–Crippen LogP) is 4.09. The molecule has 0 saturated carbocycles. The summed E-state index contributed by atoms with van der Waals surface area (Å²) in [5, 5.41) is 11.7. The Kier molecular flexibility index (Phi) is 3.90. The molecule has 4 heteroatoms. The lowest BCUT2D eigenvalue weighted by molar-refractivity contribution is 0.215. The maximum atomic E-state index is 10.7. The first-order valence-electron chi connectivity index (χ1n) is 6.55. The zero-order valence-corrected chi connectivity index (χ0v) is 13.0. The molecule has 0 amide bonds. The van der Waals surface area contributed by atoms with Crippen LogP contribution in [0.15, 0.2) is 59.2 Å². The highest BCUT2D eigenvalue weighted by molar-refractivity contribution is 9.10. The Morgan fingerprint density at radius 1 is 1.14 bits per heavy atom. The number of ether oxygens (including phenoxy) is 1. The zero-order valence-electron chi connectivity index (χ0n) is 11.5. The van der Waals surface area contributed by atoms with Gasteiger partial charge in [-0.15, -0.1) is 0 Å². The fourth-order valence-corrected chi connectivity index (χ4v) is 2.74.